The van der Waals surface area contributed by atoms with Gasteiger partial charge in [-0.15, -0.1) is 11.3 Å². The number of aromatic nitrogens is 2. The molecule has 0 aliphatic heterocycles. The van der Waals surface area contributed by atoms with Crippen LogP contribution < -0.4 is 0 Å². The number of fused-ring (bicyclic) bond motifs is 1. The summed E-state index contributed by atoms with van der Waals surface area (Å²) in [6.45, 7) is 0. The maximum absolute atomic E-state index is 12.2. The summed E-state index contributed by atoms with van der Waals surface area (Å²) < 4.78 is 2.01. The number of carboxylic acid groups (broad SMARTS) is 1. The largest absolute Gasteiger partial charge is 0.477 e. The van der Waals surface area contributed by atoms with Crippen LogP contribution in [0.3, 0.4) is 0 Å². The van der Waals surface area contributed by atoms with Crippen molar-refractivity contribution < 1.29 is 14.7 Å². The van der Waals surface area contributed by atoms with Crippen LogP contribution in [0.25, 0.3) is 22.8 Å². The highest BCUT2D eigenvalue weighted by molar-refractivity contribution is 7.16. The zero-order chi connectivity index (χ0) is 18.8. The minimum Gasteiger partial charge on any atom is -0.477 e. The van der Waals surface area contributed by atoms with E-state index in [0.29, 0.717) is 4.88 Å². The third-order valence-electron chi connectivity index (χ3n) is 4.11. The highest BCUT2D eigenvalue weighted by Crippen LogP contribution is 2.20. The number of thiophene rings is 1. The number of benzene rings is 2. The standard InChI is InChI=1S/C21H14N2O3S/c24-18(19-11-12-20(27-19)21(25)26)10-7-14-5-8-15(9-6-14)23-13-22-16-3-1-2-4-17(16)23/h1-13H,(H,25,26)/b10-7+. The number of para-hydroxylation sites is 2. The third kappa shape index (κ3) is 3.43. The van der Waals surface area contributed by atoms with E-state index in [1.807, 2.05) is 53.1 Å². The Labute approximate surface area is 158 Å². The fourth-order valence-corrected chi connectivity index (χ4v) is 3.52. The Bertz CT molecular complexity index is 1170. The number of hydrogen-bond donors (Lipinski definition) is 1. The summed E-state index contributed by atoms with van der Waals surface area (Å²) in [5, 5.41) is 8.93. The topological polar surface area (TPSA) is 72.2 Å². The van der Waals surface area contributed by atoms with E-state index >= 15 is 0 Å². The van der Waals surface area contributed by atoms with Gasteiger partial charge in [-0.1, -0.05) is 30.3 Å². The molecular formula is C21H14N2O3S. The van der Waals surface area contributed by atoms with Gasteiger partial charge in [0, 0.05) is 5.69 Å². The van der Waals surface area contributed by atoms with Crippen LogP contribution in [0, 0.1) is 0 Å². The minimum absolute atomic E-state index is 0.156. The van der Waals surface area contributed by atoms with Gasteiger partial charge < -0.3 is 5.11 Å². The van der Waals surface area contributed by atoms with E-state index in [2.05, 4.69) is 4.98 Å². The van der Waals surface area contributed by atoms with Gasteiger partial charge in [-0.3, -0.25) is 9.36 Å². The van der Waals surface area contributed by atoms with E-state index < -0.39 is 5.97 Å². The van der Waals surface area contributed by atoms with Gasteiger partial charge >= 0.3 is 5.97 Å². The Morgan fingerprint density at radius 2 is 1.70 bits per heavy atom. The molecule has 0 saturated carbocycles. The van der Waals surface area contributed by atoms with Crippen molar-refractivity contribution in [2.45, 2.75) is 0 Å². The van der Waals surface area contributed by atoms with E-state index in [-0.39, 0.29) is 10.7 Å². The summed E-state index contributed by atoms with van der Waals surface area (Å²) in [4.78, 5) is 28.0. The lowest BCUT2D eigenvalue weighted by atomic mass is 10.1. The summed E-state index contributed by atoms with van der Waals surface area (Å²) in [7, 11) is 0. The minimum atomic E-state index is -1.02. The number of carbonyl (C=O) groups is 2. The fourth-order valence-electron chi connectivity index (χ4n) is 2.75. The van der Waals surface area contributed by atoms with Crippen LogP contribution in [0.5, 0.6) is 0 Å². The second-order valence-electron chi connectivity index (χ2n) is 5.86. The zero-order valence-corrected chi connectivity index (χ0v) is 14.9. The first-order valence-electron chi connectivity index (χ1n) is 8.20. The molecule has 0 fully saturated rings. The molecule has 1 N–H and O–H groups in total. The molecule has 6 heteroatoms. The molecule has 0 amide bonds. The zero-order valence-electron chi connectivity index (χ0n) is 14.1. The van der Waals surface area contributed by atoms with E-state index in [1.54, 1.807) is 12.4 Å². The van der Waals surface area contributed by atoms with Crippen LogP contribution in [0.2, 0.25) is 0 Å². The van der Waals surface area contributed by atoms with Gasteiger partial charge in [0.15, 0.2) is 5.78 Å². The average Bonchev–Trinajstić information content (AvgIpc) is 3.34. The Kier molecular flexibility index (Phi) is 4.40. The number of imidazole rings is 1. The number of allylic oxidation sites excluding steroid dienone is 1. The Hall–Kier alpha value is -3.51. The molecule has 0 aliphatic carbocycles. The highest BCUT2D eigenvalue weighted by atomic mass is 32.1. The molecule has 0 saturated heterocycles. The van der Waals surface area contributed by atoms with Crippen molar-refractivity contribution in [3.8, 4) is 5.69 Å². The molecule has 0 spiro atoms. The van der Waals surface area contributed by atoms with Crippen molar-refractivity contribution in [2.75, 3.05) is 0 Å². The predicted molar refractivity (Wildman–Crippen MR) is 106 cm³/mol. The van der Waals surface area contributed by atoms with E-state index in [4.69, 9.17) is 5.11 Å². The highest BCUT2D eigenvalue weighted by Gasteiger charge is 2.10. The monoisotopic (exact) mass is 374 g/mol. The molecule has 5 nitrogen and oxygen atoms in total. The van der Waals surface area contributed by atoms with Gasteiger partial charge in [0.05, 0.1) is 15.9 Å². The summed E-state index contributed by atoms with van der Waals surface area (Å²) >= 11 is 0.975. The molecule has 0 unspecified atom stereocenters. The van der Waals surface area contributed by atoms with Gasteiger partial charge in [0.1, 0.15) is 11.2 Å². The van der Waals surface area contributed by atoms with E-state index in [9.17, 15) is 9.59 Å². The summed E-state index contributed by atoms with van der Waals surface area (Å²) in [6.07, 6.45) is 4.97. The van der Waals surface area contributed by atoms with Crippen molar-refractivity contribution in [1.29, 1.82) is 0 Å². The van der Waals surface area contributed by atoms with Crippen molar-refractivity contribution >= 4 is 40.2 Å². The van der Waals surface area contributed by atoms with Crippen LogP contribution in [-0.2, 0) is 0 Å². The van der Waals surface area contributed by atoms with Crippen LogP contribution >= 0.6 is 11.3 Å². The molecule has 0 atom stereocenters. The molecule has 4 rings (SSSR count). The maximum Gasteiger partial charge on any atom is 0.345 e. The molecule has 132 valence electrons. The van der Waals surface area contributed by atoms with Crippen LogP contribution in [0.1, 0.15) is 24.9 Å². The van der Waals surface area contributed by atoms with Gasteiger partial charge in [-0.2, -0.15) is 0 Å². The quantitative estimate of drug-likeness (QED) is 0.407. The summed E-state index contributed by atoms with van der Waals surface area (Å²) in [5.41, 5.74) is 3.83. The lowest BCUT2D eigenvalue weighted by molar-refractivity contribution is 0.0702. The molecule has 4 aromatic rings. The summed E-state index contributed by atoms with van der Waals surface area (Å²) in [6, 6.07) is 18.7. The first-order chi connectivity index (χ1) is 13.1. The number of carbonyl (C=O) groups excluding carboxylic acids is 1. The van der Waals surface area contributed by atoms with Crippen LogP contribution in [0.15, 0.2) is 73.1 Å². The fraction of sp³-hybridized carbons (Fsp3) is 0. The molecule has 2 aromatic heterocycles. The number of rotatable bonds is 5. The second-order valence-corrected chi connectivity index (χ2v) is 6.95. The van der Waals surface area contributed by atoms with Crippen molar-refractivity contribution in [3.05, 3.63) is 88.4 Å². The molecule has 0 radical (unpaired) electrons. The van der Waals surface area contributed by atoms with Crippen LogP contribution in [0.4, 0.5) is 0 Å². The van der Waals surface area contributed by atoms with E-state index in [0.717, 1.165) is 33.6 Å². The number of hydrogen-bond acceptors (Lipinski definition) is 4. The van der Waals surface area contributed by atoms with Crippen molar-refractivity contribution in [1.82, 2.24) is 9.55 Å². The number of carboxylic acids is 1. The predicted octanol–water partition coefficient (Wildman–Crippen LogP) is 4.68. The molecule has 27 heavy (non-hydrogen) atoms. The summed E-state index contributed by atoms with van der Waals surface area (Å²) in [5.74, 6) is -1.23. The second kappa shape index (κ2) is 7.01. The Morgan fingerprint density at radius 3 is 2.44 bits per heavy atom. The van der Waals surface area contributed by atoms with Gasteiger partial charge in [0.25, 0.3) is 0 Å². The van der Waals surface area contributed by atoms with Crippen molar-refractivity contribution in [3.63, 3.8) is 0 Å². The Morgan fingerprint density at radius 1 is 0.963 bits per heavy atom. The first-order valence-corrected chi connectivity index (χ1v) is 9.01. The van der Waals surface area contributed by atoms with Gasteiger partial charge in [-0.25, -0.2) is 9.78 Å². The molecule has 2 aromatic carbocycles. The lowest BCUT2D eigenvalue weighted by Gasteiger charge is -2.04. The average molecular weight is 374 g/mol. The molecule has 2 heterocycles. The first kappa shape index (κ1) is 16.9. The maximum atomic E-state index is 12.2. The lowest BCUT2D eigenvalue weighted by Crippen LogP contribution is -1.92. The number of nitrogens with zero attached hydrogens (tertiary/aromatic N) is 2. The van der Waals surface area contributed by atoms with Gasteiger partial charge in [0.2, 0.25) is 0 Å². The number of aromatic carboxylic acids is 1. The number of ketones is 1. The molecule has 0 aliphatic rings. The van der Waals surface area contributed by atoms with Crippen molar-refractivity contribution in [2.24, 2.45) is 0 Å². The normalized spacial score (nSPS) is 11.3. The SMILES string of the molecule is O=C(O)c1ccc(C(=O)/C=C/c2ccc(-n3cnc4ccccc43)cc2)s1. The Balaban J connectivity index is 1.53. The van der Waals surface area contributed by atoms with Crippen LogP contribution in [-0.4, -0.2) is 26.4 Å². The molecular weight excluding hydrogens is 360 g/mol. The smallest absolute Gasteiger partial charge is 0.345 e. The van der Waals surface area contributed by atoms with E-state index in [1.165, 1.54) is 18.2 Å². The third-order valence-corrected chi connectivity index (χ3v) is 5.20. The van der Waals surface area contributed by atoms with Gasteiger partial charge in [-0.05, 0) is 48.0 Å². The molecule has 0 bridgehead atoms.